The van der Waals surface area contributed by atoms with Gasteiger partial charge >= 0.3 is 0 Å². The van der Waals surface area contributed by atoms with Gasteiger partial charge in [0.15, 0.2) is 5.78 Å². The summed E-state index contributed by atoms with van der Waals surface area (Å²) >= 11 is 0. The second kappa shape index (κ2) is 10.4. The minimum absolute atomic E-state index is 0.157. The van der Waals surface area contributed by atoms with Crippen molar-refractivity contribution >= 4 is 34.4 Å². The molecule has 9 heteroatoms. The molecule has 0 bridgehead atoms. The lowest BCUT2D eigenvalue weighted by atomic mass is 9.93. The summed E-state index contributed by atoms with van der Waals surface area (Å²) in [6.07, 6.45) is 1.95. The van der Waals surface area contributed by atoms with Gasteiger partial charge in [0.05, 0.1) is 13.7 Å². The van der Waals surface area contributed by atoms with E-state index in [1.54, 1.807) is 26.3 Å². The summed E-state index contributed by atoms with van der Waals surface area (Å²) in [5.41, 5.74) is 2.50. The number of rotatable bonds is 9. The summed E-state index contributed by atoms with van der Waals surface area (Å²) in [4.78, 5) is 55.5. The Hall–Kier alpha value is -4.14. The van der Waals surface area contributed by atoms with Crippen molar-refractivity contribution in [2.75, 3.05) is 20.2 Å². The van der Waals surface area contributed by atoms with Crippen LogP contribution in [0.15, 0.2) is 54.7 Å². The molecule has 1 saturated heterocycles. The molecular weight excluding hydrogens is 448 g/mol. The number of hydrogen-bond donors (Lipinski definition) is 3. The number of para-hydroxylation sites is 2. The van der Waals surface area contributed by atoms with E-state index in [1.807, 2.05) is 42.5 Å². The van der Waals surface area contributed by atoms with Crippen molar-refractivity contribution in [3.05, 3.63) is 65.9 Å². The smallest absolute Gasteiger partial charge is 0.245 e. The van der Waals surface area contributed by atoms with Crippen molar-refractivity contribution in [3.63, 3.8) is 0 Å². The van der Waals surface area contributed by atoms with E-state index >= 15 is 0 Å². The number of aromatic amines is 1. The molecule has 1 aliphatic heterocycles. The molecule has 4 rings (SSSR count). The SMILES string of the molecule is COc1ccccc1CNC(=O)C(Cc1c[nH]c2ccccc12)C(=O)CN1CC(=O)NC(C)C1=O. The molecule has 3 amide bonds. The minimum Gasteiger partial charge on any atom is -0.496 e. The lowest BCUT2D eigenvalue weighted by Crippen LogP contribution is -2.58. The quantitative estimate of drug-likeness (QED) is 0.405. The first-order chi connectivity index (χ1) is 16.9. The minimum atomic E-state index is -1.04. The third-order valence-corrected chi connectivity index (χ3v) is 6.19. The van der Waals surface area contributed by atoms with Crippen LogP contribution in [0.4, 0.5) is 0 Å². The lowest BCUT2D eigenvalue weighted by molar-refractivity contribution is -0.147. The molecule has 2 atom stereocenters. The van der Waals surface area contributed by atoms with E-state index in [1.165, 1.54) is 4.90 Å². The Kier molecular flexibility index (Phi) is 7.14. The van der Waals surface area contributed by atoms with Crippen LogP contribution in [0.5, 0.6) is 5.75 Å². The first-order valence-electron chi connectivity index (χ1n) is 11.4. The van der Waals surface area contributed by atoms with Crippen LogP contribution in [0.2, 0.25) is 0 Å². The highest BCUT2D eigenvalue weighted by molar-refractivity contribution is 6.05. The molecule has 2 heterocycles. The molecule has 1 fully saturated rings. The van der Waals surface area contributed by atoms with Crippen LogP contribution < -0.4 is 15.4 Å². The highest BCUT2D eigenvalue weighted by Gasteiger charge is 2.34. The summed E-state index contributed by atoms with van der Waals surface area (Å²) < 4.78 is 5.35. The number of hydrogen-bond acceptors (Lipinski definition) is 5. The van der Waals surface area contributed by atoms with Crippen molar-refractivity contribution in [3.8, 4) is 5.75 Å². The first-order valence-corrected chi connectivity index (χ1v) is 11.4. The van der Waals surface area contributed by atoms with Crippen LogP contribution in [-0.4, -0.2) is 59.6 Å². The lowest BCUT2D eigenvalue weighted by Gasteiger charge is -2.31. The predicted octanol–water partition coefficient (Wildman–Crippen LogP) is 1.57. The number of Topliss-reactive ketones (excluding diaryl/α,β-unsaturated/α-hetero) is 1. The van der Waals surface area contributed by atoms with E-state index in [-0.39, 0.29) is 37.9 Å². The van der Waals surface area contributed by atoms with Gasteiger partial charge in [-0.05, 0) is 31.0 Å². The Morgan fingerprint density at radius 2 is 1.86 bits per heavy atom. The normalized spacial score (nSPS) is 16.6. The van der Waals surface area contributed by atoms with Gasteiger partial charge in [0.1, 0.15) is 24.3 Å². The second-order valence-electron chi connectivity index (χ2n) is 8.60. The van der Waals surface area contributed by atoms with Crippen molar-refractivity contribution < 1.29 is 23.9 Å². The number of nitrogens with one attached hydrogen (secondary N) is 3. The van der Waals surface area contributed by atoms with Gasteiger partial charge in [-0.3, -0.25) is 19.2 Å². The van der Waals surface area contributed by atoms with E-state index < -0.39 is 23.7 Å². The standard InChI is InChI=1S/C26H28N4O5/c1-16-26(34)30(15-24(32)29-16)14-22(31)20(11-18-13-27-21-9-5-4-8-19(18)21)25(33)28-12-17-7-3-6-10-23(17)35-2/h3-10,13,16,20,27H,11-12,14-15H2,1-2H3,(H,28,33)(H,29,32). The van der Waals surface area contributed by atoms with E-state index in [4.69, 9.17) is 4.74 Å². The summed E-state index contributed by atoms with van der Waals surface area (Å²) in [5, 5.41) is 6.32. The fraction of sp³-hybridized carbons (Fsp3) is 0.308. The zero-order valence-corrected chi connectivity index (χ0v) is 19.7. The van der Waals surface area contributed by atoms with Gasteiger partial charge in [0.25, 0.3) is 0 Å². The topological polar surface area (TPSA) is 121 Å². The number of ether oxygens (including phenoxy) is 1. The van der Waals surface area contributed by atoms with Gasteiger partial charge in [0.2, 0.25) is 17.7 Å². The van der Waals surface area contributed by atoms with Gasteiger partial charge in [0, 0.05) is 29.2 Å². The molecular formula is C26H28N4O5. The molecule has 0 radical (unpaired) electrons. The van der Waals surface area contributed by atoms with E-state index in [0.29, 0.717) is 5.75 Å². The van der Waals surface area contributed by atoms with Gasteiger partial charge in [-0.2, -0.15) is 0 Å². The van der Waals surface area contributed by atoms with Gasteiger partial charge < -0.3 is 25.3 Å². The molecule has 0 spiro atoms. The van der Waals surface area contributed by atoms with Crippen LogP contribution >= 0.6 is 0 Å². The molecule has 0 saturated carbocycles. The number of aromatic nitrogens is 1. The molecule has 182 valence electrons. The fourth-order valence-corrected chi connectivity index (χ4v) is 4.33. The van der Waals surface area contributed by atoms with Crippen molar-refractivity contribution in [2.45, 2.75) is 25.9 Å². The summed E-state index contributed by atoms with van der Waals surface area (Å²) in [5.74, 6) is -1.98. The van der Waals surface area contributed by atoms with Crippen molar-refractivity contribution in [2.24, 2.45) is 5.92 Å². The maximum Gasteiger partial charge on any atom is 0.245 e. The Morgan fingerprint density at radius 1 is 1.11 bits per heavy atom. The number of methoxy groups -OCH3 is 1. The highest BCUT2D eigenvalue weighted by Crippen LogP contribution is 2.22. The fourth-order valence-electron chi connectivity index (χ4n) is 4.33. The average Bonchev–Trinajstić information content (AvgIpc) is 3.27. The van der Waals surface area contributed by atoms with Gasteiger partial charge in [-0.25, -0.2) is 0 Å². The molecule has 2 unspecified atom stereocenters. The number of benzene rings is 2. The molecule has 1 aliphatic rings. The first kappa shape index (κ1) is 24.0. The second-order valence-corrected chi connectivity index (χ2v) is 8.60. The molecule has 9 nitrogen and oxygen atoms in total. The summed E-state index contributed by atoms with van der Waals surface area (Å²) in [6.45, 7) is 1.23. The average molecular weight is 477 g/mol. The van der Waals surface area contributed by atoms with Crippen LogP contribution in [0.1, 0.15) is 18.1 Å². The van der Waals surface area contributed by atoms with Crippen molar-refractivity contribution in [1.82, 2.24) is 20.5 Å². The largest absolute Gasteiger partial charge is 0.496 e. The number of ketones is 1. The zero-order valence-electron chi connectivity index (χ0n) is 19.7. The molecule has 3 aromatic rings. The predicted molar refractivity (Wildman–Crippen MR) is 130 cm³/mol. The number of fused-ring (bicyclic) bond motifs is 1. The molecule has 0 aliphatic carbocycles. The monoisotopic (exact) mass is 476 g/mol. The van der Waals surface area contributed by atoms with Gasteiger partial charge in [-0.1, -0.05) is 36.4 Å². The van der Waals surface area contributed by atoms with Crippen LogP contribution in [0, 0.1) is 5.92 Å². The van der Waals surface area contributed by atoms with Crippen molar-refractivity contribution in [1.29, 1.82) is 0 Å². The number of H-pyrrole nitrogens is 1. The maximum atomic E-state index is 13.4. The highest BCUT2D eigenvalue weighted by atomic mass is 16.5. The molecule has 2 aromatic carbocycles. The van der Waals surface area contributed by atoms with E-state index in [9.17, 15) is 19.2 Å². The maximum absolute atomic E-state index is 13.4. The Balaban J connectivity index is 1.56. The number of carbonyl (C=O) groups excluding carboxylic acids is 4. The molecule has 35 heavy (non-hydrogen) atoms. The Bertz CT molecular complexity index is 1270. The number of carbonyl (C=O) groups is 4. The summed E-state index contributed by atoms with van der Waals surface area (Å²) in [7, 11) is 1.55. The Morgan fingerprint density at radius 3 is 2.66 bits per heavy atom. The van der Waals surface area contributed by atoms with Crippen LogP contribution in [-0.2, 0) is 32.1 Å². The van der Waals surface area contributed by atoms with Gasteiger partial charge in [-0.15, -0.1) is 0 Å². The number of piperazine rings is 1. The van der Waals surface area contributed by atoms with E-state index in [0.717, 1.165) is 22.0 Å². The number of nitrogens with zero attached hydrogens (tertiary/aromatic N) is 1. The van der Waals surface area contributed by atoms with Crippen LogP contribution in [0.3, 0.4) is 0 Å². The van der Waals surface area contributed by atoms with E-state index in [2.05, 4.69) is 15.6 Å². The third-order valence-electron chi connectivity index (χ3n) is 6.19. The third kappa shape index (κ3) is 5.34. The van der Waals surface area contributed by atoms with Crippen LogP contribution in [0.25, 0.3) is 10.9 Å². The molecule has 1 aromatic heterocycles. The Labute approximate surface area is 202 Å². The number of amides is 3. The zero-order chi connectivity index (χ0) is 24.9. The summed E-state index contributed by atoms with van der Waals surface area (Å²) in [6, 6.07) is 14.2. The molecule has 3 N–H and O–H groups in total.